The molecule has 0 spiro atoms. The lowest BCUT2D eigenvalue weighted by Crippen LogP contribution is -2.26. The molecule has 17 heavy (non-hydrogen) atoms. The van der Waals surface area contributed by atoms with Crippen LogP contribution in [0.1, 0.15) is 65.7 Å². The van der Waals surface area contributed by atoms with Crippen LogP contribution in [0.3, 0.4) is 0 Å². The first kappa shape index (κ1) is 14.3. The first-order valence-corrected chi connectivity index (χ1v) is 7.08. The molecule has 1 aromatic rings. The van der Waals surface area contributed by atoms with Gasteiger partial charge in [0, 0.05) is 0 Å². The van der Waals surface area contributed by atoms with Crippen molar-refractivity contribution in [1.82, 2.24) is 5.16 Å². The van der Waals surface area contributed by atoms with Gasteiger partial charge in [-0.3, -0.25) is 0 Å². The Bertz CT molecular complexity index is 286. The average molecular weight is 235 g/mol. The van der Waals surface area contributed by atoms with E-state index in [1.54, 1.807) is 6.26 Å². The van der Waals surface area contributed by atoms with Crippen LogP contribution in [-0.2, 0) is 0 Å². The summed E-state index contributed by atoms with van der Waals surface area (Å²) in [4.78, 5) is 0. The van der Waals surface area contributed by atoms with E-state index >= 15 is 0 Å². The van der Waals surface area contributed by atoms with E-state index in [4.69, 9.17) is 4.52 Å². The molecule has 0 radical (unpaired) electrons. The largest absolute Gasteiger partial charge is 0.365 e. The maximum absolute atomic E-state index is 4.91. The van der Waals surface area contributed by atoms with E-state index in [0.717, 1.165) is 7.28 Å². The number of unbranched alkanes of at least 4 members (excludes halogenated alkanes) is 4. The molecule has 0 N–H and O–H groups in total. The molecule has 1 rings (SSSR count). The molecule has 0 saturated carbocycles. The topological polar surface area (TPSA) is 26.0 Å². The summed E-state index contributed by atoms with van der Waals surface area (Å²) < 4.78 is 4.91. The molecule has 0 aromatic carbocycles. The zero-order chi connectivity index (χ0) is 12.6. The molecule has 2 nitrogen and oxygen atoms in total. The van der Waals surface area contributed by atoms with Crippen LogP contribution in [0.15, 0.2) is 17.0 Å². The van der Waals surface area contributed by atoms with E-state index in [1.165, 1.54) is 50.4 Å². The molecule has 1 heterocycles. The van der Waals surface area contributed by atoms with Crippen LogP contribution >= 0.6 is 0 Å². The highest BCUT2D eigenvalue weighted by Gasteiger charge is 2.24. The molecule has 0 aliphatic heterocycles. The van der Waals surface area contributed by atoms with Gasteiger partial charge in [-0.05, 0) is 5.46 Å². The molecule has 0 fully saturated rings. The van der Waals surface area contributed by atoms with Crippen molar-refractivity contribution in [3.05, 3.63) is 12.5 Å². The van der Waals surface area contributed by atoms with Crippen molar-refractivity contribution in [3.8, 4) is 0 Å². The Morgan fingerprint density at radius 1 is 1.24 bits per heavy atom. The van der Waals surface area contributed by atoms with Gasteiger partial charge in [-0.15, -0.1) is 0 Å². The highest BCUT2D eigenvalue weighted by Crippen LogP contribution is 2.34. The summed E-state index contributed by atoms with van der Waals surface area (Å²) in [6.45, 7) is 6.95. The summed E-state index contributed by atoms with van der Waals surface area (Å²) in [5.41, 5.74) is 1.24. The number of hydrogen-bond donors (Lipinski definition) is 0. The van der Waals surface area contributed by atoms with Crippen molar-refractivity contribution in [2.45, 2.75) is 71.0 Å². The Morgan fingerprint density at radius 3 is 2.59 bits per heavy atom. The molecule has 0 bridgehead atoms. The number of aromatic nitrogens is 1. The van der Waals surface area contributed by atoms with Crippen LogP contribution < -0.4 is 5.46 Å². The Balaban J connectivity index is 2.30. The standard InChI is InChI=1S/C14H26BNO/c1-4-6-7-8-9-10-14(3,5-2)15-13-11-16-17-12-13/h11-12,15H,4-10H2,1-3H3. The van der Waals surface area contributed by atoms with Crippen molar-refractivity contribution >= 4 is 12.7 Å². The van der Waals surface area contributed by atoms with E-state index in [0.29, 0.717) is 5.31 Å². The smallest absolute Gasteiger partial charge is 0.170 e. The number of nitrogens with zero attached hydrogens (tertiary/aromatic N) is 1. The normalized spacial score (nSPS) is 14.5. The molecule has 0 amide bonds. The summed E-state index contributed by atoms with van der Waals surface area (Å²) in [6.07, 6.45) is 13.0. The van der Waals surface area contributed by atoms with Gasteiger partial charge in [-0.25, -0.2) is 0 Å². The lowest BCUT2D eigenvalue weighted by molar-refractivity contribution is 0.420. The predicted octanol–water partition coefficient (Wildman–Crippen LogP) is 3.69. The van der Waals surface area contributed by atoms with E-state index in [2.05, 4.69) is 25.9 Å². The van der Waals surface area contributed by atoms with Crippen molar-refractivity contribution < 1.29 is 4.52 Å². The zero-order valence-electron chi connectivity index (χ0n) is 11.7. The molecular formula is C14H26BNO. The van der Waals surface area contributed by atoms with Crippen LogP contribution in [-0.4, -0.2) is 12.4 Å². The molecule has 96 valence electrons. The second-order valence-corrected chi connectivity index (χ2v) is 5.54. The summed E-state index contributed by atoms with van der Waals surface area (Å²) in [7, 11) is 1.10. The van der Waals surface area contributed by atoms with Crippen LogP contribution in [0.25, 0.3) is 0 Å². The van der Waals surface area contributed by atoms with E-state index in [1.807, 2.05) is 6.20 Å². The third kappa shape index (κ3) is 5.43. The minimum Gasteiger partial charge on any atom is -0.365 e. The molecule has 0 saturated heterocycles. The minimum atomic E-state index is 0.414. The Labute approximate surface area is 106 Å². The molecule has 1 aromatic heterocycles. The van der Waals surface area contributed by atoms with Crippen LogP contribution in [0.5, 0.6) is 0 Å². The van der Waals surface area contributed by atoms with Gasteiger partial charge in [0.15, 0.2) is 7.28 Å². The fourth-order valence-corrected chi connectivity index (χ4v) is 2.35. The maximum Gasteiger partial charge on any atom is 0.170 e. The Kier molecular flexibility index (Phi) is 6.39. The average Bonchev–Trinajstić information content (AvgIpc) is 2.81. The quantitative estimate of drug-likeness (QED) is 0.482. The fraction of sp³-hybridized carbons (Fsp3) is 0.786. The molecule has 0 aliphatic carbocycles. The lowest BCUT2D eigenvalue weighted by Gasteiger charge is -2.26. The molecule has 0 aliphatic rings. The van der Waals surface area contributed by atoms with E-state index in [-0.39, 0.29) is 0 Å². The number of rotatable bonds is 9. The van der Waals surface area contributed by atoms with Gasteiger partial charge in [0.1, 0.15) is 6.26 Å². The van der Waals surface area contributed by atoms with Gasteiger partial charge in [0.25, 0.3) is 0 Å². The minimum absolute atomic E-state index is 0.414. The molecule has 1 unspecified atom stereocenters. The third-order valence-electron chi connectivity index (χ3n) is 3.85. The molecule has 3 heteroatoms. The fourth-order valence-electron chi connectivity index (χ4n) is 2.35. The first-order chi connectivity index (χ1) is 8.20. The van der Waals surface area contributed by atoms with E-state index in [9.17, 15) is 0 Å². The monoisotopic (exact) mass is 235 g/mol. The highest BCUT2D eigenvalue weighted by molar-refractivity contribution is 6.56. The van der Waals surface area contributed by atoms with Crippen LogP contribution in [0, 0.1) is 0 Å². The van der Waals surface area contributed by atoms with Gasteiger partial charge < -0.3 is 4.52 Å². The maximum atomic E-state index is 4.91. The third-order valence-corrected chi connectivity index (χ3v) is 3.85. The van der Waals surface area contributed by atoms with Crippen molar-refractivity contribution in [2.24, 2.45) is 0 Å². The zero-order valence-corrected chi connectivity index (χ0v) is 11.7. The SMILES string of the molecule is CCCCCCCC(C)(Bc1cnoc1)CC. The van der Waals surface area contributed by atoms with Gasteiger partial charge in [-0.2, -0.15) is 0 Å². The second-order valence-electron chi connectivity index (χ2n) is 5.54. The highest BCUT2D eigenvalue weighted by atomic mass is 16.5. The van der Waals surface area contributed by atoms with Gasteiger partial charge in [0.2, 0.25) is 0 Å². The summed E-state index contributed by atoms with van der Waals surface area (Å²) in [5.74, 6) is 0. The summed E-state index contributed by atoms with van der Waals surface area (Å²) in [5, 5.41) is 4.20. The lowest BCUT2D eigenvalue weighted by atomic mass is 9.47. The second kappa shape index (κ2) is 7.57. The van der Waals surface area contributed by atoms with E-state index < -0.39 is 0 Å². The predicted molar refractivity (Wildman–Crippen MR) is 75.3 cm³/mol. The summed E-state index contributed by atoms with van der Waals surface area (Å²) in [6, 6.07) is 0. The Morgan fingerprint density at radius 2 is 2.00 bits per heavy atom. The molecule has 1 atom stereocenters. The van der Waals surface area contributed by atoms with Gasteiger partial charge in [-0.1, -0.05) is 76.2 Å². The Hall–Kier alpha value is -0.725. The summed E-state index contributed by atoms with van der Waals surface area (Å²) >= 11 is 0. The van der Waals surface area contributed by atoms with Crippen LogP contribution in [0.2, 0.25) is 5.31 Å². The molecular weight excluding hydrogens is 209 g/mol. The van der Waals surface area contributed by atoms with Crippen LogP contribution in [0.4, 0.5) is 0 Å². The van der Waals surface area contributed by atoms with Crippen molar-refractivity contribution in [1.29, 1.82) is 0 Å². The van der Waals surface area contributed by atoms with Gasteiger partial charge >= 0.3 is 0 Å². The van der Waals surface area contributed by atoms with Crippen molar-refractivity contribution in [2.75, 3.05) is 0 Å². The number of hydrogen-bond acceptors (Lipinski definition) is 2. The van der Waals surface area contributed by atoms with Gasteiger partial charge in [0.05, 0.1) is 6.20 Å². The first-order valence-electron chi connectivity index (χ1n) is 7.08. The van der Waals surface area contributed by atoms with Crippen molar-refractivity contribution in [3.63, 3.8) is 0 Å².